The van der Waals surface area contributed by atoms with Gasteiger partial charge in [0.05, 0.1) is 23.9 Å². The number of pyridine rings is 2. The Morgan fingerprint density at radius 3 is 2.30 bits per heavy atom. The predicted octanol–water partition coefficient (Wildman–Crippen LogP) is 5.17. The third-order valence-electron chi connectivity index (χ3n) is 13.5. The second kappa shape index (κ2) is 20.1. The number of aliphatic hydroxyl groups excluding tert-OH is 1. The molecule has 3 fully saturated rings. The minimum Gasteiger partial charge on any atom is -0.457 e. The number of rotatable bonds is 12. The van der Waals surface area contributed by atoms with Crippen molar-refractivity contribution >= 4 is 23.6 Å². The average Bonchev–Trinajstić information content (AvgIpc) is 3.54. The van der Waals surface area contributed by atoms with Crippen molar-refractivity contribution in [2.75, 3.05) is 41.3 Å². The number of esters is 1. The summed E-state index contributed by atoms with van der Waals surface area (Å²) in [4.78, 5) is 71.9. The van der Waals surface area contributed by atoms with Crippen LogP contribution in [0.2, 0.25) is 0 Å². The summed E-state index contributed by atoms with van der Waals surface area (Å²) in [5.41, 5.74) is 0.199. The van der Waals surface area contributed by atoms with E-state index in [1.54, 1.807) is 37.3 Å². The van der Waals surface area contributed by atoms with Crippen molar-refractivity contribution in [2.45, 2.75) is 142 Å². The fraction of sp³-hybridized carbons (Fsp3) is 0.696. The van der Waals surface area contributed by atoms with E-state index >= 15 is 0 Å². The monoisotopic (exact) mass is 852 g/mol. The standard InChI is InChI=1S/C46H69N5O10/c1-13-36-46(14-2)40(51(44(56)61-46)19-18-50(11)26-32-21-34(25-48-23-32)33-16-15-17-47-24-33)29(5)37(52)27(3)22-45(8,57-12)41(30(6)38(53)31(7)42(55)59-36)60-43-39(54)35(49(9)10)20-28(4)58-43/h15-17,21,23-25,27-31,35-36,39-41,43,54H,13-14,18-20,22,26H2,1-12H3/t27-,28-,29+,30+,31-,35+,36-,39-,40-,41-,43+,45+,46-/m1/s1. The lowest BCUT2D eigenvalue weighted by Crippen LogP contribution is -2.61. The van der Waals surface area contributed by atoms with Crippen LogP contribution < -0.4 is 0 Å². The molecule has 0 radical (unpaired) electrons. The molecule has 0 aliphatic carbocycles. The molecule has 0 saturated carbocycles. The van der Waals surface area contributed by atoms with Crippen LogP contribution >= 0.6 is 0 Å². The number of nitrogens with zero attached hydrogens (tertiary/aromatic N) is 5. The van der Waals surface area contributed by atoms with Gasteiger partial charge in [-0.05, 0) is 85.3 Å². The maximum absolute atomic E-state index is 14.9. The Kier molecular flexibility index (Phi) is 15.9. The zero-order valence-corrected chi connectivity index (χ0v) is 38.2. The van der Waals surface area contributed by atoms with Crippen LogP contribution in [-0.2, 0) is 44.6 Å². The van der Waals surface area contributed by atoms with Gasteiger partial charge in [0.25, 0.3) is 0 Å². The molecule has 3 saturated heterocycles. The molecule has 5 rings (SSSR count). The summed E-state index contributed by atoms with van der Waals surface area (Å²) in [5, 5.41) is 11.5. The maximum Gasteiger partial charge on any atom is 0.410 e. The van der Waals surface area contributed by atoms with E-state index in [-0.39, 0.29) is 43.7 Å². The van der Waals surface area contributed by atoms with E-state index in [9.17, 15) is 24.3 Å². The van der Waals surface area contributed by atoms with Crippen molar-refractivity contribution in [3.63, 3.8) is 0 Å². The Morgan fingerprint density at radius 2 is 1.67 bits per heavy atom. The Morgan fingerprint density at radius 1 is 0.967 bits per heavy atom. The summed E-state index contributed by atoms with van der Waals surface area (Å²) in [6.07, 6.45) is 3.26. The lowest BCUT2D eigenvalue weighted by molar-refractivity contribution is -0.295. The van der Waals surface area contributed by atoms with Gasteiger partial charge in [-0.3, -0.25) is 29.3 Å². The number of amides is 1. The van der Waals surface area contributed by atoms with Crippen LogP contribution in [0.15, 0.2) is 43.0 Å². The van der Waals surface area contributed by atoms with Crippen molar-refractivity contribution in [1.82, 2.24) is 24.7 Å². The van der Waals surface area contributed by atoms with Crippen LogP contribution in [0.3, 0.4) is 0 Å². The molecular weight excluding hydrogens is 783 g/mol. The molecule has 338 valence electrons. The van der Waals surface area contributed by atoms with Crippen LogP contribution in [-0.4, -0.2) is 149 Å². The number of carbonyl (C=O) groups excluding carboxylic acids is 4. The van der Waals surface area contributed by atoms with E-state index in [2.05, 4.69) is 20.9 Å². The van der Waals surface area contributed by atoms with Gasteiger partial charge in [-0.15, -0.1) is 0 Å². The van der Waals surface area contributed by atoms with Crippen molar-refractivity contribution < 1.29 is 48.0 Å². The number of ketones is 2. The van der Waals surface area contributed by atoms with Gasteiger partial charge in [0.2, 0.25) is 0 Å². The third-order valence-corrected chi connectivity index (χ3v) is 13.5. The third kappa shape index (κ3) is 10.2. The number of aromatic nitrogens is 2. The van der Waals surface area contributed by atoms with E-state index in [1.165, 1.54) is 14.0 Å². The number of hydrogen-bond acceptors (Lipinski definition) is 14. The van der Waals surface area contributed by atoms with E-state index < -0.39 is 83.4 Å². The fourth-order valence-electron chi connectivity index (χ4n) is 9.93. The van der Waals surface area contributed by atoms with Gasteiger partial charge in [0, 0.05) is 86.5 Å². The lowest BCUT2D eigenvalue weighted by atomic mass is 9.72. The largest absolute Gasteiger partial charge is 0.457 e. The lowest BCUT2D eigenvalue weighted by Gasteiger charge is -2.47. The quantitative estimate of drug-likeness (QED) is 0.219. The number of carbonyl (C=O) groups is 4. The molecule has 15 nitrogen and oxygen atoms in total. The Bertz CT molecular complexity index is 1830. The number of cyclic esters (lactones) is 1. The van der Waals surface area contributed by atoms with Crippen molar-refractivity contribution in [1.29, 1.82) is 0 Å². The number of likely N-dealkylation sites (N-methyl/N-ethyl adjacent to an activating group) is 2. The highest BCUT2D eigenvalue weighted by Crippen LogP contribution is 2.45. The predicted molar refractivity (Wildman–Crippen MR) is 228 cm³/mol. The minimum atomic E-state index is -1.39. The minimum absolute atomic E-state index is 0.121. The molecule has 2 aromatic heterocycles. The molecule has 13 atom stereocenters. The maximum atomic E-state index is 14.9. The first kappa shape index (κ1) is 48.2. The Balaban J connectivity index is 1.48. The number of methoxy groups -OCH3 is 1. The van der Waals surface area contributed by atoms with Crippen LogP contribution in [0, 0.1) is 23.7 Å². The molecule has 3 aliphatic rings. The zero-order chi connectivity index (χ0) is 45.0. The molecule has 1 amide bonds. The summed E-state index contributed by atoms with van der Waals surface area (Å²) >= 11 is 0. The molecule has 61 heavy (non-hydrogen) atoms. The molecule has 0 spiro atoms. The van der Waals surface area contributed by atoms with Crippen LogP contribution in [0.25, 0.3) is 11.1 Å². The summed E-state index contributed by atoms with van der Waals surface area (Å²) in [7, 11) is 7.20. The summed E-state index contributed by atoms with van der Waals surface area (Å²) < 4.78 is 31.6. The number of hydrogen-bond donors (Lipinski definition) is 1. The molecule has 0 bridgehead atoms. The van der Waals surface area contributed by atoms with E-state index in [1.807, 2.05) is 79.0 Å². The smallest absolute Gasteiger partial charge is 0.410 e. The van der Waals surface area contributed by atoms with Gasteiger partial charge in [-0.25, -0.2) is 4.79 Å². The highest BCUT2D eigenvalue weighted by molar-refractivity contribution is 6.00. The molecule has 3 aliphatic heterocycles. The second-order valence-corrected chi connectivity index (χ2v) is 18.1. The van der Waals surface area contributed by atoms with E-state index in [4.69, 9.17) is 23.7 Å². The topological polar surface area (TPSA) is 170 Å². The molecule has 0 aromatic carbocycles. The second-order valence-electron chi connectivity index (χ2n) is 18.1. The van der Waals surface area contributed by atoms with Gasteiger partial charge >= 0.3 is 12.1 Å². The van der Waals surface area contributed by atoms with Crippen molar-refractivity contribution in [3.05, 3.63) is 48.5 Å². The Labute approximate surface area is 361 Å². The highest BCUT2D eigenvalue weighted by atomic mass is 16.7. The van der Waals surface area contributed by atoms with Gasteiger partial charge in [0.15, 0.2) is 17.7 Å². The zero-order valence-electron chi connectivity index (χ0n) is 38.2. The first-order valence-corrected chi connectivity index (χ1v) is 21.8. The average molecular weight is 852 g/mol. The summed E-state index contributed by atoms with van der Waals surface area (Å²) in [5.74, 6) is -5.01. The molecule has 1 N–H and O–H groups in total. The van der Waals surface area contributed by atoms with Gasteiger partial charge < -0.3 is 38.6 Å². The molecular formula is C46H69N5O10. The number of ether oxygens (including phenoxy) is 5. The molecule has 15 heteroatoms. The first-order chi connectivity index (χ1) is 28.8. The highest BCUT2D eigenvalue weighted by Gasteiger charge is 2.62. The van der Waals surface area contributed by atoms with Crippen LogP contribution in [0.1, 0.15) is 86.6 Å². The van der Waals surface area contributed by atoms with Gasteiger partial charge in [-0.2, -0.15) is 0 Å². The number of fused-ring (bicyclic) bond motifs is 1. The Hall–Kier alpha value is -3.86. The normalized spacial score (nSPS) is 35.5. The summed E-state index contributed by atoms with van der Waals surface area (Å²) in [6.45, 7) is 15.4. The van der Waals surface area contributed by atoms with E-state index in [0.29, 0.717) is 19.5 Å². The first-order valence-electron chi connectivity index (χ1n) is 21.8. The fourth-order valence-corrected chi connectivity index (χ4v) is 9.93. The molecule has 2 aromatic rings. The van der Waals surface area contributed by atoms with E-state index in [0.717, 1.165) is 16.7 Å². The molecule has 5 heterocycles. The van der Waals surface area contributed by atoms with Gasteiger partial charge in [0.1, 0.15) is 23.9 Å². The van der Waals surface area contributed by atoms with Crippen molar-refractivity contribution in [2.24, 2.45) is 23.7 Å². The van der Waals surface area contributed by atoms with Crippen LogP contribution in [0.5, 0.6) is 0 Å². The SMILES string of the molecule is CC[C@H]1OC(=O)[C@H](C)C(=O)[C@H](C)[C@@H](O[C@@H]2O[C@H](C)C[C@H](N(C)C)[C@H]2O)[C@@](C)(OC)C[C@@H](C)C(=O)[C@H](C)[C@H]2N(CCN(C)Cc3cncc(-c4cccnc4)c3)C(=O)O[C@]12CC. The number of Topliss-reactive ketones (excluding diaryl/α,β-unsaturated/α-hetero) is 2. The molecule has 0 unspecified atom stereocenters. The van der Waals surface area contributed by atoms with Crippen molar-refractivity contribution in [3.8, 4) is 11.1 Å². The van der Waals surface area contributed by atoms with Crippen LogP contribution in [0.4, 0.5) is 4.79 Å². The summed E-state index contributed by atoms with van der Waals surface area (Å²) in [6, 6.07) is 4.82. The number of aliphatic hydroxyl groups is 1. The van der Waals surface area contributed by atoms with Gasteiger partial charge in [-0.1, -0.05) is 40.7 Å².